The number of hydrogen-bond donors (Lipinski definition) is 5. The quantitative estimate of drug-likeness (QED) is 0.0181. The summed E-state index contributed by atoms with van der Waals surface area (Å²) in [5, 5.41) is 23.3. The lowest BCUT2D eigenvalue weighted by Crippen LogP contribution is -2.53. The first-order chi connectivity index (χ1) is 58.7. The molecule has 0 bridgehead atoms. The topological polar surface area (TPSA) is 468 Å². The number of pyridine rings is 2. The predicted molar refractivity (Wildman–Crippen MR) is 446 cm³/mol. The van der Waals surface area contributed by atoms with Gasteiger partial charge >= 0.3 is 12.1 Å². The average molecular weight is 1740 g/mol. The molecule has 5 N–H and O–H groups in total. The van der Waals surface area contributed by atoms with E-state index in [9.17, 15) is 96.2 Å². The number of rotatable bonds is 38. The molecular formula is C84H111FN18O22. The van der Waals surface area contributed by atoms with Gasteiger partial charge in [-0.1, -0.05) is 39.3 Å². The number of halogens is 1. The standard InChI is InChI=1S/C84H111FN18O22/c1-18-84(123)56-31-61-78-53(34-103(61)81(120)55(56)46-124-82(84)121)76-59(27-26-52-48(4)57(85)32-60(87-78)75(52)76)89-83(122)125-45-54-51(23-22-24-58(54)88-79(118)49(5)86-80(119)77(47(2)3)90-62(105)25-20-19-21-30-102-63(106)28-29-64(102)107)33-92(8)66(109)36-94(10)68(111)38-96(12)70(113)40-98(14)72(115)42-100(16)74(117)44-101(17)73(116)43-99(15)71(114)41-97(13)69(112)39-95(11)67(110)37-93(9)65(108)35-91(7)50(6)104/h22-24,28-29,31-32,47,49,59,77,123H,18-21,25-27,30,33-46H2,1-17H3,(H,86,119)(H,88,118)(H,89,122)(H,90,105)/t49-,59-,77-,84-/m0/s1. The molecule has 0 fully saturated rings. The number of likely N-dealkylation sites (N-methyl/N-ethyl adjacent to an activating group) is 11. The van der Waals surface area contributed by atoms with Gasteiger partial charge in [-0.05, 0) is 86.3 Å². The van der Waals surface area contributed by atoms with Gasteiger partial charge in [-0.3, -0.25) is 86.4 Å². The van der Waals surface area contributed by atoms with Gasteiger partial charge in [0.25, 0.3) is 17.4 Å². The van der Waals surface area contributed by atoms with Crippen molar-refractivity contribution in [1.82, 2.24) is 84.3 Å². The van der Waals surface area contributed by atoms with E-state index in [0.717, 1.165) is 49.0 Å². The van der Waals surface area contributed by atoms with Crippen LogP contribution in [0.1, 0.15) is 124 Å². The van der Waals surface area contributed by atoms with Gasteiger partial charge < -0.3 is 94.3 Å². The normalized spacial score (nSPS) is 15.0. The second-order valence-corrected chi connectivity index (χ2v) is 32.4. The highest BCUT2D eigenvalue weighted by molar-refractivity contribution is 6.13. The Morgan fingerprint density at radius 3 is 1.54 bits per heavy atom. The summed E-state index contributed by atoms with van der Waals surface area (Å²) in [4.78, 5) is 269. The zero-order valence-corrected chi connectivity index (χ0v) is 73.6. The second kappa shape index (κ2) is 41.8. The monoisotopic (exact) mass is 1740 g/mol. The number of benzene rings is 2. The maximum Gasteiger partial charge on any atom is 0.407 e. The van der Waals surface area contributed by atoms with Crippen molar-refractivity contribution >= 4 is 123 Å². The summed E-state index contributed by atoms with van der Waals surface area (Å²) in [7, 11) is 14.6. The Balaban J connectivity index is 0.882. The molecule has 3 aliphatic heterocycles. The first kappa shape index (κ1) is 97.3. The molecule has 0 saturated heterocycles. The summed E-state index contributed by atoms with van der Waals surface area (Å²) >= 11 is 0. The highest BCUT2D eigenvalue weighted by Crippen LogP contribution is 2.46. The second-order valence-electron chi connectivity index (χ2n) is 32.4. The molecule has 2 aromatic carbocycles. The Hall–Kier alpha value is -13.1. The number of cyclic esters (lactones) is 1. The van der Waals surface area contributed by atoms with Crippen LogP contribution >= 0.6 is 0 Å². The zero-order valence-electron chi connectivity index (χ0n) is 73.6. The number of imide groups is 1. The summed E-state index contributed by atoms with van der Waals surface area (Å²) in [5.74, 6) is -11.6. The van der Waals surface area contributed by atoms with E-state index in [1.165, 1.54) is 136 Å². The molecule has 676 valence electrons. The number of ether oxygens (including phenoxy) is 2. The van der Waals surface area contributed by atoms with Crippen molar-refractivity contribution in [3.05, 3.63) is 103 Å². The minimum Gasteiger partial charge on any atom is -0.458 e. The number of alkyl carbamates (subject to hydrolysis) is 1. The van der Waals surface area contributed by atoms with Crippen LogP contribution in [0.15, 0.2) is 47.3 Å². The maximum absolute atomic E-state index is 15.9. The molecule has 125 heavy (non-hydrogen) atoms. The summed E-state index contributed by atoms with van der Waals surface area (Å²) in [6.07, 6.45) is 3.08. The van der Waals surface area contributed by atoms with Crippen LogP contribution in [0.25, 0.3) is 22.3 Å². The molecule has 0 spiro atoms. The molecule has 4 atom stereocenters. The lowest BCUT2D eigenvalue weighted by molar-refractivity contribution is -0.172. The van der Waals surface area contributed by atoms with Gasteiger partial charge in [0.15, 0.2) is 5.60 Å². The Morgan fingerprint density at radius 1 is 0.608 bits per heavy atom. The van der Waals surface area contributed by atoms with Crippen LogP contribution in [-0.2, 0) is 129 Å². The molecule has 0 radical (unpaired) electrons. The van der Waals surface area contributed by atoms with Crippen molar-refractivity contribution in [2.24, 2.45) is 5.92 Å². The molecular weight excluding hydrogens is 1630 g/mol. The first-order valence-corrected chi connectivity index (χ1v) is 40.6. The molecule has 8 rings (SSSR count). The fraction of sp³-hybridized carbons (Fsp3) is 0.524. The molecule has 41 heteroatoms. The van der Waals surface area contributed by atoms with Gasteiger partial charge in [0.05, 0.1) is 101 Å². The van der Waals surface area contributed by atoms with Crippen molar-refractivity contribution in [1.29, 1.82) is 0 Å². The van der Waals surface area contributed by atoms with Crippen LogP contribution in [-0.4, -0.2) is 342 Å². The van der Waals surface area contributed by atoms with Crippen molar-refractivity contribution in [2.75, 3.05) is 155 Å². The minimum atomic E-state index is -2.15. The number of fused-ring (bicyclic) bond motifs is 5. The number of aliphatic hydroxyl groups is 1. The van der Waals surface area contributed by atoms with Crippen LogP contribution in [0.2, 0.25) is 0 Å². The van der Waals surface area contributed by atoms with E-state index < -0.39 is 207 Å². The van der Waals surface area contributed by atoms with E-state index in [0.29, 0.717) is 52.5 Å². The molecule has 17 amide bonds. The molecule has 1 aliphatic carbocycles. The number of unbranched alkanes of at least 4 members (excludes halogenated alkanes) is 2. The number of carbonyl (C=O) groups excluding carboxylic acids is 18. The highest BCUT2D eigenvalue weighted by atomic mass is 19.1. The Kier molecular flexibility index (Phi) is 32.6. The third kappa shape index (κ3) is 23.6. The Labute approximate surface area is 721 Å². The smallest absolute Gasteiger partial charge is 0.407 e. The zero-order chi connectivity index (χ0) is 92.8. The number of hydrogen-bond acceptors (Lipinski definition) is 23. The Bertz CT molecular complexity index is 5070. The number of carbonyl (C=O) groups is 18. The number of esters is 1. The lowest BCUT2D eigenvalue weighted by atomic mass is 9.81. The van der Waals surface area contributed by atoms with Crippen LogP contribution in [0.5, 0.6) is 0 Å². The molecule has 4 aliphatic rings. The number of aromatic nitrogens is 2. The largest absolute Gasteiger partial charge is 0.458 e. The van der Waals surface area contributed by atoms with Crippen LogP contribution < -0.4 is 26.8 Å². The van der Waals surface area contributed by atoms with Gasteiger partial charge in [-0.15, -0.1) is 0 Å². The molecule has 5 heterocycles. The summed E-state index contributed by atoms with van der Waals surface area (Å²) in [5.41, 5.74) is 0.644. The van der Waals surface area contributed by atoms with Gasteiger partial charge in [0.2, 0.25) is 82.7 Å². The molecule has 40 nitrogen and oxygen atoms in total. The van der Waals surface area contributed by atoms with E-state index >= 15 is 4.39 Å². The van der Waals surface area contributed by atoms with E-state index in [-0.39, 0.29) is 104 Å². The molecule has 2 aromatic heterocycles. The van der Waals surface area contributed by atoms with Gasteiger partial charge in [-0.25, -0.2) is 19.0 Å². The van der Waals surface area contributed by atoms with E-state index in [1.807, 2.05) is 0 Å². The van der Waals surface area contributed by atoms with Gasteiger partial charge in [0, 0.05) is 150 Å². The van der Waals surface area contributed by atoms with Crippen molar-refractivity contribution in [3.8, 4) is 11.4 Å². The third-order valence-electron chi connectivity index (χ3n) is 22.7. The minimum absolute atomic E-state index is 0.0189. The average Bonchev–Trinajstić information content (AvgIpc) is 1.58. The van der Waals surface area contributed by atoms with Crippen molar-refractivity contribution in [3.63, 3.8) is 0 Å². The van der Waals surface area contributed by atoms with E-state index in [4.69, 9.17) is 14.5 Å². The fourth-order valence-corrected chi connectivity index (χ4v) is 14.3. The summed E-state index contributed by atoms with van der Waals surface area (Å²) in [6, 6.07) is 4.16. The third-order valence-corrected chi connectivity index (χ3v) is 22.7. The number of amides is 17. The number of anilines is 1. The number of nitrogens with zero attached hydrogens (tertiary/aromatic N) is 14. The molecule has 4 aromatic rings. The van der Waals surface area contributed by atoms with Crippen LogP contribution in [0, 0.1) is 18.7 Å². The SMILES string of the molecule is CC[C@@]1(O)C(=O)OCc2c1cc1n(c2=O)Cc2c-1nc1cc(F)c(C)c3c1c2[C@@H](NC(=O)OCc1c(CN(C)C(=O)CN(C)C(=O)CN(C)C(=O)CN(C)C(=O)CN(C)C(=O)CN(C)C(=O)CN(C)C(=O)CN(C)C(=O)CN(C)C(=O)CN(C)C(=O)CN(C)C(C)=O)cccc1NC(=O)[C@H](C)NC(=O)[C@@H](NC(=O)CCCCCN1C(=O)C=CC1=O)C(C)C)CC3. The molecule has 0 saturated carbocycles. The predicted octanol–water partition coefficient (Wildman–Crippen LogP) is -0.927. The highest BCUT2D eigenvalue weighted by Gasteiger charge is 2.47. The maximum atomic E-state index is 15.9. The van der Waals surface area contributed by atoms with E-state index in [2.05, 4.69) is 21.3 Å². The summed E-state index contributed by atoms with van der Waals surface area (Å²) in [6.45, 7) is 3.27. The van der Waals surface area contributed by atoms with Crippen LogP contribution in [0.4, 0.5) is 14.9 Å². The number of nitrogens with one attached hydrogen (secondary N) is 4. The first-order valence-electron chi connectivity index (χ1n) is 40.6. The van der Waals surface area contributed by atoms with Crippen LogP contribution in [0.3, 0.4) is 0 Å². The summed E-state index contributed by atoms with van der Waals surface area (Å²) < 4.78 is 28.6. The van der Waals surface area contributed by atoms with Gasteiger partial charge in [0.1, 0.15) is 31.1 Å². The lowest BCUT2D eigenvalue weighted by Gasteiger charge is -2.31. The number of aryl methyl sites for hydroxylation is 1. The molecule has 0 unspecified atom stereocenters. The van der Waals surface area contributed by atoms with E-state index in [1.54, 1.807) is 39.8 Å². The fourth-order valence-electron chi connectivity index (χ4n) is 14.3. The Morgan fingerprint density at radius 2 is 1.08 bits per heavy atom. The van der Waals surface area contributed by atoms with Crippen molar-refractivity contribution in [2.45, 2.75) is 137 Å². The van der Waals surface area contributed by atoms with Crippen molar-refractivity contribution < 1.29 is 105 Å². The van der Waals surface area contributed by atoms with Gasteiger partial charge in [-0.2, -0.15) is 0 Å².